The summed E-state index contributed by atoms with van der Waals surface area (Å²) in [6.07, 6.45) is 0.860. The average Bonchev–Trinajstić information content (AvgIpc) is 3.16. The van der Waals surface area contributed by atoms with E-state index in [2.05, 4.69) is 27.8 Å². The summed E-state index contributed by atoms with van der Waals surface area (Å²) in [6, 6.07) is 15.0. The number of aromatic nitrogens is 4. The third-order valence-corrected chi connectivity index (χ3v) is 4.18. The highest BCUT2D eigenvalue weighted by atomic mass is 16.5. The highest BCUT2D eigenvalue weighted by Crippen LogP contribution is 2.18. The zero-order chi connectivity index (χ0) is 19.2. The number of hydrogen-bond acceptors (Lipinski definition) is 5. The Hall–Kier alpha value is -3.22. The zero-order valence-corrected chi connectivity index (χ0v) is 15.7. The molecule has 0 fully saturated rings. The number of nitrogens with one attached hydrogen (secondary N) is 1. The molecule has 1 aromatic heterocycles. The first-order valence-electron chi connectivity index (χ1n) is 8.97. The first kappa shape index (κ1) is 18.6. The molecule has 0 bridgehead atoms. The van der Waals surface area contributed by atoms with Gasteiger partial charge in [-0.15, -0.1) is 5.10 Å². The van der Waals surface area contributed by atoms with Gasteiger partial charge in [-0.05, 0) is 66.6 Å². The first-order chi connectivity index (χ1) is 13.1. The molecule has 0 aliphatic heterocycles. The standard InChI is InChI=1S/C20H23N5O2/c1-4-15-7-5-6-8-18(15)21-20(26)16-9-11-17(12-10-16)27-13-19-22-23-24-25(19)14(2)3/h5-12,14H,4,13H2,1-3H3,(H,21,26). The van der Waals surface area contributed by atoms with Crippen molar-refractivity contribution in [2.75, 3.05) is 5.32 Å². The quantitative estimate of drug-likeness (QED) is 0.691. The van der Waals surface area contributed by atoms with Gasteiger partial charge in [-0.2, -0.15) is 0 Å². The molecule has 1 heterocycles. The third kappa shape index (κ3) is 4.49. The Bertz CT molecular complexity index is 903. The van der Waals surface area contributed by atoms with Crippen molar-refractivity contribution in [2.45, 2.75) is 39.8 Å². The molecule has 2 aromatic carbocycles. The molecule has 0 saturated carbocycles. The number of para-hydroxylation sites is 1. The lowest BCUT2D eigenvalue weighted by atomic mass is 10.1. The van der Waals surface area contributed by atoms with Crippen LogP contribution in [-0.2, 0) is 13.0 Å². The van der Waals surface area contributed by atoms with E-state index >= 15 is 0 Å². The molecule has 0 saturated heterocycles. The predicted molar refractivity (Wildman–Crippen MR) is 103 cm³/mol. The lowest BCUT2D eigenvalue weighted by molar-refractivity contribution is 0.102. The number of hydrogen-bond donors (Lipinski definition) is 1. The van der Waals surface area contributed by atoms with Crippen LogP contribution in [0.2, 0.25) is 0 Å². The molecule has 0 aliphatic carbocycles. The van der Waals surface area contributed by atoms with Crippen molar-refractivity contribution >= 4 is 11.6 Å². The second kappa shape index (κ2) is 8.44. The number of tetrazole rings is 1. The Morgan fingerprint density at radius 1 is 1.15 bits per heavy atom. The Labute approximate surface area is 158 Å². The maximum atomic E-state index is 12.5. The summed E-state index contributed by atoms with van der Waals surface area (Å²) in [6.45, 7) is 6.33. The van der Waals surface area contributed by atoms with Crippen molar-refractivity contribution in [3.8, 4) is 5.75 Å². The molecular formula is C20H23N5O2. The van der Waals surface area contributed by atoms with Crippen LogP contribution in [0.3, 0.4) is 0 Å². The maximum Gasteiger partial charge on any atom is 0.255 e. The highest BCUT2D eigenvalue weighted by molar-refractivity contribution is 6.04. The molecule has 1 N–H and O–H groups in total. The van der Waals surface area contributed by atoms with E-state index in [9.17, 15) is 4.79 Å². The SMILES string of the molecule is CCc1ccccc1NC(=O)c1ccc(OCc2nnnn2C(C)C)cc1. The second-order valence-electron chi connectivity index (χ2n) is 6.41. The lowest BCUT2D eigenvalue weighted by Crippen LogP contribution is -2.13. The summed E-state index contributed by atoms with van der Waals surface area (Å²) in [5, 5.41) is 14.6. The van der Waals surface area contributed by atoms with Gasteiger partial charge in [-0.25, -0.2) is 4.68 Å². The van der Waals surface area contributed by atoms with Gasteiger partial charge in [0, 0.05) is 11.3 Å². The van der Waals surface area contributed by atoms with Crippen molar-refractivity contribution in [2.24, 2.45) is 0 Å². The van der Waals surface area contributed by atoms with Gasteiger partial charge >= 0.3 is 0 Å². The van der Waals surface area contributed by atoms with Crippen molar-refractivity contribution in [3.63, 3.8) is 0 Å². The Morgan fingerprint density at radius 2 is 1.89 bits per heavy atom. The van der Waals surface area contributed by atoms with Crippen LogP contribution in [0.4, 0.5) is 5.69 Å². The zero-order valence-electron chi connectivity index (χ0n) is 15.7. The predicted octanol–water partition coefficient (Wildman–Crippen LogP) is 3.65. The topological polar surface area (TPSA) is 81.9 Å². The fourth-order valence-electron chi connectivity index (χ4n) is 2.70. The van der Waals surface area contributed by atoms with Crippen molar-refractivity contribution in [1.82, 2.24) is 20.2 Å². The Morgan fingerprint density at radius 3 is 2.59 bits per heavy atom. The van der Waals surface area contributed by atoms with Crippen LogP contribution < -0.4 is 10.1 Å². The van der Waals surface area contributed by atoms with Crippen molar-refractivity contribution in [3.05, 3.63) is 65.5 Å². The van der Waals surface area contributed by atoms with Crippen LogP contribution in [0.1, 0.15) is 48.6 Å². The molecule has 27 heavy (non-hydrogen) atoms. The number of benzene rings is 2. The summed E-state index contributed by atoms with van der Waals surface area (Å²) in [7, 11) is 0. The fraction of sp³-hybridized carbons (Fsp3) is 0.300. The van der Waals surface area contributed by atoms with Crippen LogP contribution in [-0.4, -0.2) is 26.1 Å². The second-order valence-corrected chi connectivity index (χ2v) is 6.41. The van der Waals surface area contributed by atoms with Gasteiger partial charge in [0.1, 0.15) is 12.4 Å². The molecule has 1 amide bonds. The van der Waals surface area contributed by atoms with Crippen LogP contribution in [0, 0.1) is 0 Å². The first-order valence-corrected chi connectivity index (χ1v) is 8.97. The van der Waals surface area contributed by atoms with E-state index in [0.717, 1.165) is 17.7 Å². The molecule has 0 spiro atoms. The number of aryl methyl sites for hydroxylation is 1. The van der Waals surface area contributed by atoms with Crippen molar-refractivity contribution in [1.29, 1.82) is 0 Å². The average molecular weight is 365 g/mol. The fourth-order valence-corrected chi connectivity index (χ4v) is 2.70. The number of carbonyl (C=O) groups is 1. The smallest absolute Gasteiger partial charge is 0.255 e. The van der Waals surface area contributed by atoms with E-state index in [-0.39, 0.29) is 18.6 Å². The Kier molecular flexibility index (Phi) is 5.80. The number of rotatable bonds is 7. The minimum Gasteiger partial charge on any atom is -0.486 e. The summed E-state index contributed by atoms with van der Waals surface area (Å²) in [4.78, 5) is 12.5. The molecule has 140 valence electrons. The molecule has 3 aromatic rings. The summed E-state index contributed by atoms with van der Waals surface area (Å²) >= 11 is 0. The number of carbonyl (C=O) groups excluding carboxylic acids is 1. The van der Waals surface area contributed by atoms with E-state index in [0.29, 0.717) is 17.1 Å². The molecule has 0 atom stereocenters. The van der Waals surface area contributed by atoms with E-state index in [1.165, 1.54) is 0 Å². The minimum atomic E-state index is -0.147. The van der Waals surface area contributed by atoms with E-state index in [1.807, 2.05) is 38.1 Å². The molecule has 0 unspecified atom stereocenters. The maximum absolute atomic E-state index is 12.5. The van der Waals surface area contributed by atoms with Gasteiger partial charge in [-0.1, -0.05) is 25.1 Å². The van der Waals surface area contributed by atoms with Crippen LogP contribution >= 0.6 is 0 Å². The van der Waals surface area contributed by atoms with Gasteiger partial charge in [0.2, 0.25) is 0 Å². The number of nitrogens with zero attached hydrogens (tertiary/aromatic N) is 4. The summed E-state index contributed by atoms with van der Waals surface area (Å²) in [5.74, 6) is 1.16. The van der Waals surface area contributed by atoms with Gasteiger partial charge in [0.15, 0.2) is 5.82 Å². The molecule has 0 aliphatic rings. The van der Waals surface area contributed by atoms with Crippen LogP contribution in [0.5, 0.6) is 5.75 Å². The molecule has 3 rings (SSSR count). The largest absolute Gasteiger partial charge is 0.486 e. The van der Waals surface area contributed by atoms with E-state index in [1.54, 1.807) is 28.9 Å². The number of amides is 1. The summed E-state index contributed by atoms with van der Waals surface area (Å²) < 4.78 is 7.45. The minimum absolute atomic E-state index is 0.147. The monoisotopic (exact) mass is 365 g/mol. The number of ether oxygens (including phenoxy) is 1. The Balaban J connectivity index is 1.63. The van der Waals surface area contributed by atoms with E-state index in [4.69, 9.17) is 4.74 Å². The molecular weight excluding hydrogens is 342 g/mol. The van der Waals surface area contributed by atoms with Crippen LogP contribution in [0.25, 0.3) is 0 Å². The third-order valence-electron chi connectivity index (χ3n) is 4.18. The molecule has 7 nitrogen and oxygen atoms in total. The van der Waals surface area contributed by atoms with Crippen molar-refractivity contribution < 1.29 is 9.53 Å². The lowest BCUT2D eigenvalue weighted by Gasteiger charge is -2.11. The normalized spacial score (nSPS) is 10.8. The highest BCUT2D eigenvalue weighted by Gasteiger charge is 2.11. The van der Waals surface area contributed by atoms with Gasteiger partial charge in [0.05, 0.1) is 6.04 Å². The van der Waals surface area contributed by atoms with Gasteiger partial charge < -0.3 is 10.1 Å². The summed E-state index contributed by atoms with van der Waals surface area (Å²) in [5.41, 5.74) is 2.51. The van der Waals surface area contributed by atoms with Gasteiger partial charge in [0.25, 0.3) is 5.91 Å². The van der Waals surface area contributed by atoms with E-state index < -0.39 is 0 Å². The van der Waals surface area contributed by atoms with Gasteiger partial charge in [-0.3, -0.25) is 4.79 Å². The molecule has 0 radical (unpaired) electrons. The number of anilines is 1. The van der Waals surface area contributed by atoms with Crippen LogP contribution in [0.15, 0.2) is 48.5 Å². The molecule has 7 heteroatoms.